The number of nitrogens with two attached hydrogens (primary N) is 1. The number of H-pyrrole nitrogens is 1. The van der Waals surface area contributed by atoms with Gasteiger partial charge < -0.3 is 16.0 Å². The minimum atomic E-state index is -0.241. The van der Waals surface area contributed by atoms with Crippen LogP contribution in [0.25, 0.3) is 27.8 Å². The molecule has 0 saturated carbocycles. The number of nitrogen functional groups attached to an aromatic ring is 1. The third kappa shape index (κ3) is 3.18. The summed E-state index contributed by atoms with van der Waals surface area (Å²) in [6, 6.07) is 17.3. The Hall–Kier alpha value is -4.20. The van der Waals surface area contributed by atoms with E-state index in [4.69, 9.17) is 5.73 Å². The Morgan fingerprint density at radius 3 is 2.71 bits per heavy atom. The normalized spacial score (nSPS) is 12.3. The monoisotopic (exact) mass is 411 g/mol. The first kappa shape index (κ1) is 18.8. The number of nitrogens with zero attached hydrogens (tertiary/aromatic N) is 4. The minimum Gasteiger partial charge on any atom is -0.368 e. The van der Waals surface area contributed by atoms with Gasteiger partial charge in [-0.2, -0.15) is 9.97 Å². The van der Waals surface area contributed by atoms with Crippen molar-refractivity contribution < 1.29 is 0 Å². The van der Waals surface area contributed by atoms with Gasteiger partial charge in [0, 0.05) is 11.2 Å². The summed E-state index contributed by atoms with van der Waals surface area (Å²) in [5, 5.41) is 3.39. The second-order valence-corrected chi connectivity index (χ2v) is 7.47. The van der Waals surface area contributed by atoms with Gasteiger partial charge in [0.1, 0.15) is 5.52 Å². The van der Waals surface area contributed by atoms with E-state index in [1.54, 1.807) is 10.7 Å². The summed E-state index contributed by atoms with van der Waals surface area (Å²) in [5.41, 5.74) is 11.1. The molecule has 1 atom stereocenters. The van der Waals surface area contributed by atoms with Crippen molar-refractivity contribution in [2.24, 2.45) is 0 Å². The predicted molar refractivity (Wildman–Crippen MR) is 122 cm³/mol. The topological polar surface area (TPSA) is 114 Å². The summed E-state index contributed by atoms with van der Waals surface area (Å²) in [4.78, 5) is 29.3. The number of nitrogens with one attached hydrogen (secondary N) is 2. The van der Waals surface area contributed by atoms with Crippen molar-refractivity contribution in [1.82, 2.24) is 24.3 Å². The van der Waals surface area contributed by atoms with E-state index in [0.29, 0.717) is 22.5 Å². The van der Waals surface area contributed by atoms with Gasteiger partial charge in [0.05, 0.1) is 17.9 Å². The van der Waals surface area contributed by atoms with E-state index in [1.807, 2.05) is 68.4 Å². The molecule has 0 aliphatic heterocycles. The van der Waals surface area contributed by atoms with Crippen LogP contribution in [0.3, 0.4) is 0 Å². The van der Waals surface area contributed by atoms with Gasteiger partial charge in [0.2, 0.25) is 5.95 Å². The van der Waals surface area contributed by atoms with Crippen LogP contribution in [-0.4, -0.2) is 24.3 Å². The molecule has 0 unspecified atom stereocenters. The highest BCUT2D eigenvalue weighted by molar-refractivity contribution is 5.84. The van der Waals surface area contributed by atoms with Crippen molar-refractivity contribution in [3.8, 4) is 11.1 Å². The van der Waals surface area contributed by atoms with Crippen molar-refractivity contribution >= 4 is 28.4 Å². The average molecular weight is 411 g/mol. The molecule has 31 heavy (non-hydrogen) atoms. The summed E-state index contributed by atoms with van der Waals surface area (Å²) in [7, 11) is 0. The van der Waals surface area contributed by atoms with Crippen molar-refractivity contribution in [3.63, 3.8) is 0 Å². The maximum Gasteiger partial charge on any atom is 0.263 e. The van der Waals surface area contributed by atoms with Gasteiger partial charge in [-0.15, -0.1) is 0 Å². The molecule has 8 heteroatoms. The van der Waals surface area contributed by atoms with Gasteiger partial charge in [0.25, 0.3) is 5.56 Å². The van der Waals surface area contributed by atoms with Crippen LogP contribution in [0.2, 0.25) is 0 Å². The molecule has 5 rings (SSSR count). The summed E-state index contributed by atoms with van der Waals surface area (Å²) in [5.74, 6) is 0.669. The van der Waals surface area contributed by atoms with Crippen LogP contribution < -0.4 is 16.6 Å². The van der Waals surface area contributed by atoms with E-state index in [1.165, 1.54) is 0 Å². The third-order valence-electron chi connectivity index (χ3n) is 5.41. The van der Waals surface area contributed by atoms with Crippen LogP contribution in [-0.2, 0) is 0 Å². The molecule has 154 valence electrons. The number of fused-ring (bicyclic) bond motifs is 2. The molecular formula is C23H21N7O. The largest absolute Gasteiger partial charge is 0.368 e. The maximum atomic E-state index is 13.6. The van der Waals surface area contributed by atoms with Crippen LogP contribution in [0.1, 0.15) is 24.2 Å². The lowest BCUT2D eigenvalue weighted by atomic mass is 9.96. The molecule has 0 aliphatic carbocycles. The van der Waals surface area contributed by atoms with Crippen LogP contribution in [0.5, 0.6) is 0 Å². The Balaban J connectivity index is 1.71. The Kier molecular flexibility index (Phi) is 4.39. The highest BCUT2D eigenvalue weighted by Crippen LogP contribution is 2.30. The Labute approximate surface area is 177 Å². The highest BCUT2D eigenvalue weighted by atomic mass is 16.1. The molecule has 0 bridgehead atoms. The smallest absolute Gasteiger partial charge is 0.263 e. The quantitative estimate of drug-likeness (QED) is 0.415. The lowest BCUT2D eigenvalue weighted by Gasteiger charge is -2.20. The van der Waals surface area contributed by atoms with Gasteiger partial charge >= 0.3 is 0 Å². The third-order valence-corrected chi connectivity index (χ3v) is 5.41. The molecule has 8 nitrogen and oxygen atoms in total. The summed E-state index contributed by atoms with van der Waals surface area (Å²) < 4.78 is 1.74. The van der Waals surface area contributed by atoms with Gasteiger partial charge in [-0.25, -0.2) is 4.98 Å². The van der Waals surface area contributed by atoms with Crippen LogP contribution in [0, 0.1) is 6.92 Å². The van der Waals surface area contributed by atoms with E-state index >= 15 is 0 Å². The second kappa shape index (κ2) is 7.24. The van der Waals surface area contributed by atoms with E-state index in [9.17, 15) is 4.79 Å². The molecule has 0 radical (unpaired) electrons. The lowest BCUT2D eigenvalue weighted by Crippen LogP contribution is -2.22. The van der Waals surface area contributed by atoms with Crippen molar-refractivity contribution in [2.45, 2.75) is 19.9 Å². The zero-order valence-corrected chi connectivity index (χ0v) is 17.1. The molecule has 4 heterocycles. The fourth-order valence-corrected chi connectivity index (χ4v) is 3.97. The predicted octanol–water partition coefficient (Wildman–Crippen LogP) is 3.70. The van der Waals surface area contributed by atoms with E-state index in [2.05, 4.69) is 25.3 Å². The van der Waals surface area contributed by atoms with Crippen LogP contribution in [0.4, 0.5) is 11.8 Å². The molecule has 0 fully saturated rings. The molecule has 4 N–H and O–H groups in total. The Morgan fingerprint density at radius 1 is 1.10 bits per heavy atom. The first-order valence-corrected chi connectivity index (χ1v) is 9.97. The number of pyridine rings is 2. The minimum absolute atomic E-state index is 0.0562. The van der Waals surface area contributed by atoms with Crippen molar-refractivity contribution in [2.75, 3.05) is 11.1 Å². The van der Waals surface area contributed by atoms with Crippen LogP contribution >= 0.6 is 0 Å². The number of rotatable bonds is 4. The van der Waals surface area contributed by atoms with Crippen molar-refractivity contribution in [1.29, 1.82) is 0 Å². The highest BCUT2D eigenvalue weighted by Gasteiger charge is 2.20. The lowest BCUT2D eigenvalue weighted by molar-refractivity contribution is 0.868. The molecular weight excluding hydrogens is 390 g/mol. The number of hydrogen-bond donors (Lipinski definition) is 3. The standard InChI is InChI=1S/C23H21N7O/c1-13-7-6-10-16-11-17(18(22(31)30(13)16)15-8-4-3-5-9-15)14(2)27-21-19-20(26-12-25-19)28-23(24)29-21/h3-12,14H,1-2H3,(H4,24,25,26,27,28,29)/t14-/m1/s1. The maximum absolute atomic E-state index is 13.6. The number of aromatic nitrogens is 5. The van der Waals surface area contributed by atoms with Gasteiger partial charge in [-0.1, -0.05) is 36.4 Å². The molecule has 0 aliphatic rings. The molecule has 4 aromatic heterocycles. The summed E-state index contributed by atoms with van der Waals surface area (Å²) >= 11 is 0. The molecule has 0 saturated heterocycles. The SMILES string of the molecule is Cc1cccc2cc([C@@H](C)Nc3nc(N)nc4nc[nH]c34)c(-c3ccccc3)c(=O)n12. The molecule has 5 aromatic rings. The fraction of sp³-hybridized carbons (Fsp3) is 0.130. The fourth-order valence-electron chi connectivity index (χ4n) is 3.97. The number of aromatic amines is 1. The van der Waals surface area contributed by atoms with Crippen molar-refractivity contribution in [3.05, 3.63) is 82.5 Å². The number of imidazole rings is 1. The number of anilines is 2. The van der Waals surface area contributed by atoms with Gasteiger partial charge in [-0.3, -0.25) is 9.20 Å². The Bertz CT molecular complexity index is 1470. The number of hydrogen-bond acceptors (Lipinski definition) is 6. The summed E-state index contributed by atoms with van der Waals surface area (Å²) in [6.07, 6.45) is 1.55. The first-order valence-electron chi connectivity index (χ1n) is 9.97. The van der Waals surface area contributed by atoms with Gasteiger partial charge in [0.15, 0.2) is 11.5 Å². The molecule has 1 aromatic carbocycles. The zero-order chi connectivity index (χ0) is 21.5. The molecule has 0 amide bonds. The van der Waals surface area contributed by atoms with E-state index in [0.717, 1.165) is 22.3 Å². The van der Waals surface area contributed by atoms with Gasteiger partial charge in [-0.05, 0) is 43.2 Å². The average Bonchev–Trinajstić information content (AvgIpc) is 3.22. The van der Waals surface area contributed by atoms with Crippen LogP contribution in [0.15, 0.2) is 65.7 Å². The first-order chi connectivity index (χ1) is 15.0. The number of aryl methyl sites for hydroxylation is 1. The molecule has 0 spiro atoms. The van der Waals surface area contributed by atoms with E-state index < -0.39 is 0 Å². The van der Waals surface area contributed by atoms with E-state index in [-0.39, 0.29) is 17.5 Å². The number of benzene rings is 1. The second-order valence-electron chi connectivity index (χ2n) is 7.47. The zero-order valence-electron chi connectivity index (χ0n) is 17.1. The Morgan fingerprint density at radius 2 is 1.90 bits per heavy atom. The summed E-state index contributed by atoms with van der Waals surface area (Å²) in [6.45, 7) is 3.93.